The third-order valence-electron chi connectivity index (χ3n) is 2.88. The first-order chi connectivity index (χ1) is 11.3. The molecule has 0 radical (unpaired) electrons. The molecule has 0 saturated carbocycles. The number of alkyl carbamates (subject to hydrolysis) is 1. The van der Waals surface area contributed by atoms with Crippen LogP contribution in [0.4, 0.5) is 4.79 Å². The molecule has 0 saturated heterocycles. The molecule has 0 aliphatic rings. The van der Waals surface area contributed by atoms with Crippen molar-refractivity contribution in [1.82, 2.24) is 20.9 Å². The highest BCUT2D eigenvalue weighted by molar-refractivity contribution is 14.0. The molecule has 0 aliphatic heterocycles. The van der Waals surface area contributed by atoms with E-state index in [1.165, 1.54) is 5.01 Å². The molecule has 3 N–H and O–H groups in total. The average Bonchev–Trinajstić information content (AvgIpc) is 2.96. The fourth-order valence-corrected chi connectivity index (χ4v) is 2.59. The number of aryl methyl sites for hydroxylation is 1. The van der Waals surface area contributed by atoms with E-state index in [-0.39, 0.29) is 24.0 Å². The number of halogens is 1. The summed E-state index contributed by atoms with van der Waals surface area (Å²) in [5.41, 5.74) is 0.619. The summed E-state index contributed by atoms with van der Waals surface area (Å²) in [4.78, 5) is 20.2. The molecule has 0 aliphatic carbocycles. The molecular formula is C16H30IN5O2S. The Morgan fingerprint density at radius 2 is 1.88 bits per heavy atom. The number of thiazole rings is 1. The highest BCUT2D eigenvalue weighted by Crippen LogP contribution is 2.10. The first-order valence-electron chi connectivity index (χ1n) is 8.18. The van der Waals surface area contributed by atoms with Gasteiger partial charge in [0.05, 0.1) is 10.7 Å². The number of guanidine groups is 1. The minimum Gasteiger partial charge on any atom is -0.444 e. The van der Waals surface area contributed by atoms with Gasteiger partial charge in [0.2, 0.25) is 0 Å². The lowest BCUT2D eigenvalue weighted by Crippen LogP contribution is -2.43. The van der Waals surface area contributed by atoms with Gasteiger partial charge in [0, 0.05) is 38.5 Å². The van der Waals surface area contributed by atoms with Crippen molar-refractivity contribution >= 4 is 47.4 Å². The zero-order valence-electron chi connectivity index (χ0n) is 15.6. The van der Waals surface area contributed by atoms with Gasteiger partial charge >= 0.3 is 6.09 Å². The Balaban J connectivity index is 0.00000576. The maximum Gasteiger partial charge on any atom is 0.407 e. The lowest BCUT2D eigenvalue weighted by atomic mass is 10.2. The summed E-state index contributed by atoms with van der Waals surface area (Å²) < 4.78 is 5.17. The van der Waals surface area contributed by atoms with Gasteiger partial charge in [-0.15, -0.1) is 35.3 Å². The van der Waals surface area contributed by atoms with Crippen LogP contribution in [0.3, 0.4) is 0 Å². The van der Waals surface area contributed by atoms with E-state index in [0.29, 0.717) is 19.0 Å². The Labute approximate surface area is 171 Å². The van der Waals surface area contributed by atoms with Crippen molar-refractivity contribution in [3.8, 4) is 0 Å². The number of nitrogens with one attached hydrogen (secondary N) is 3. The van der Waals surface area contributed by atoms with E-state index in [1.807, 2.05) is 20.8 Å². The van der Waals surface area contributed by atoms with Gasteiger partial charge in [-0.1, -0.05) is 6.92 Å². The molecule has 0 atom stereocenters. The summed E-state index contributed by atoms with van der Waals surface area (Å²) in [5, 5.41) is 12.3. The highest BCUT2D eigenvalue weighted by atomic mass is 127. The summed E-state index contributed by atoms with van der Waals surface area (Å²) in [7, 11) is 1.72. The van der Waals surface area contributed by atoms with Crippen molar-refractivity contribution in [2.45, 2.75) is 46.1 Å². The van der Waals surface area contributed by atoms with Crippen LogP contribution in [0, 0.1) is 0 Å². The molecule has 1 amide bonds. The van der Waals surface area contributed by atoms with Gasteiger partial charge in [-0.3, -0.25) is 4.99 Å². The molecule has 1 aromatic rings. The molecule has 1 heterocycles. The molecule has 0 spiro atoms. The molecule has 0 unspecified atom stereocenters. The van der Waals surface area contributed by atoms with Gasteiger partial charge in [-0.25, -0.2) is 9.78 Å². The summed E-state index contributed by atoms with van der Waals surface area (Å²) in [6.45, 7) is 9.40. The standard InChI is InChI=1S/C16H29N5O2S.HI/c1-6-13-21-12(11-24-13)7-8-18-14(17-5)19-9-10-20-15(22)23-16(2,3)4;/h11H,6-10H2,1-5H3,(H,20,22)(H2,17,18,19);1H. The first kappa shape index (κ1) is 23.9. The van der Waals surface area contributed by atoms with Crippen LogP contribution in [-0.4, -0.2) is 49.3 Å². The van der Waals surface area contributed by atoms with Crippen LogP contribution in [0.1, 0.15) is 38.4 Å². The number of hydrogen-bond acceptors (Lipinski definition) is 5. The number of ether oxygens (including phenoxy) is 1. The van der Waals surface area contributed by atoms with Crippen molar-refractivity contribution in [3.63, 3.8) is 0 Å². The maximum absolute atomic E-state index is 11.5. The minimum atomic E-state index is -0.484. The minimum absolute atomic E-state index is 0. The molecule has 7 nitrogen and oxygen atoms in total. The topological polar surface area (TPSA) is 87.6 Å². The van der Waals surface area contributed by atoms with Crippen molar-refractivity contribution in [2.24, 2.45) is 4.99 Å². The summed E-state index contributed by atoms with van der Waals surface area (Å²) in [5.74, 6) is 0.701. The van der Waals surface area contributed by atoms with E-state index in [1.54, 1.807) is 18.4 Å². The molecule has 1 aromatic heterocycles. The molecule has 144 valence electrons. The maximum atomic E-state index is 11.5. The second kappa shape index (κ2) is 12.3. The van der Waals surface area contributed by atoms with E-state index in [2.05, 4.69) is 38.2 Å². The largest absolute Gasteiger partial charge is 0.444 e. The van der Waals surface area contributed by atoms with Gasteiger partial charge in [0.1, 0.15) is 5.60 Å². The van der Waals surface area contributed by atoms with E-state index in [0.717, 1.165) is 25.1 Å². The molecule has 0 fully saturated rings. The zero-order valence-corrected chi connectivity index (χ0v) is 18.8. The fourth-order valence-electron chi connectivity index (χ4n) is 1.82. The molecule has 0 bridgehead atoms. The number of hydrogen-bond donors (Lipinski definition) is 3. The second-order valence-corrected chi connectivity index (χ2v) is 7.13. The van der Waals surface area contributed by atoms with E-state index in [9.17, 15) is 4.79 Å². The Hall–Kier alpha value is -1.10. The summed E-state index contributed by atoms with van der Waals surface area (Å²) in [6.07, 6.45) is 1.42. The van der Waals surface area contributed by atoms with Crippen LogP contribution < -0.4 is 16.0 Å². The molecule has 25 heavy (non-hydrogen) atoms. The van der Waals surface area contributed by atoms with E-state index >= 15 is 0 Å². The molecule has 1 rings (SSSR count). The van der Waals surface area contributed by atoms with Crippen molar-refractivity contribution in [2.75, 3.05) is 26.7 Å². The van der Waals surface area contributed by atoms with Gasteiger partial charge in [-0.2, -0.15) is 0 Å². The van der Waals surface area contributed by atoms with Gasteiger partial charge in [0.25, 0.3) is 0 Å². The Kier molecular flexibility index (Phi) is 11.7. The molecule has 0 aromatic carbocycles. The number of aliphatic imine (C=N–C) groups is 1. The normalized spacial score (nSPS) is 11.5. The van der Waals surface area contributed by atoms with Gasteiger partial charge in [0.15, 0.2) is 5.96 Å². The lowest BCUT2D eigenvalue weighted by molar-refractivity contribution is 0.0529. The highest BCUT2D eigenvalue weighted by Gasteiger charge is 2.15. The summed E-state index contributed by atoms with van der Waals surface area (Å²) >= 11 is 1.70. The van der Waals surface area contributed by atoms with Crippen molar-refractivity contribution < 1.29 is 9.53 Å². The van der Waals surface area contributed by atoms with Crippen molar-refractivity contribution in [3.05, 3.63) is 16.1 Å². The van der Waals surface area contributed by atoms with Crippen LogP contribution in [0.2, 0.25) is 0 Å². The third kappa shape index (κ3) is 11.2. The predicted octanol–water partition coefficient (Wildman–Crippen LogP) is 2.56. The second-order valence-electron chi connectivity index (χ2n) is 6.19. The third-order valence-corrected chi connectivity index (χ3v) is 3.93. The Bertz CT molecular complexity index is 543. The van der Waals surface area contributed by atoms with Crippen LogP contribution in [-0.2, 0) is 17.6 Å². The van der Waals surface area contributed by atoms with Gasteiger partial charge < -0.3 is 20.7 Å². The first-order valence-corrected chi connectivity index (χ1v) is 9.06. The monoisotopic (exact) mass is 483 g/mol. The average molecular weight is 483 g/mol. The van der Waals surface area contributed by atoms with E-state index < -0.39 is 11.7 Å². The van der Waals surface area contributed by atoms with Crippen LogP contribution in [0.15, 0.2) is 10.4 Å². The van der Waals surface area contributed by atoms with Gasteiger partial charge in [-0.05, 0) is 27.2 Å². The lowest BCUT2D eigenvalue weighted by Gasteiger charge is -2.19. The summed E-state index contributed by atoms with van der Waals surface area (Å²) in [6, 6.07) is 0. The Morgan fingerprint density at radius 3 is 2.44 bits per heavy atom. The number of aromatic nitrogens is 1. The number of amides is 1. The fraction of sp³-hybridized carbons (Fsp3) is 0.688. The van der Waals surface area contributed by atoms with Crippen molar-refractivity contribution in [1.29, 1.82) is 0 Å². The quantitative estimate of drug-likeness (QED) is 0.240. The zero-order chi connectivity index (χ0) is 18.0. The number of nitrogens with zero attached hydrogens (tertiary/aromatic N) is 2. The molecule has 9 heteroatoms. The number of carbonyl (C=O) groups excluding carboxylic acids is 1. The number of carbonyl (C=O) groups is 1. The van der Waals surface area contributed by atoms with Crippen LogP contribution >= 0.6 is 35.3 Å². The SMILES string of the molecule is CCc1nc(CCNC(=NC)NCCNC(=O)OC(C)(C)C)cs1.I. The van der Waals surface area contributed by atoms with Crippen LogP contribution in [0.5, 0.6) is 0 Å². The van der Waals surface area contributed by atoms with E-state index in [4.69, 9.17) is 4.74 Å². The predicted molar refractivity (Wildman–Crippen MR) is 114 cm³/mol. The molecular weight excluding hydrogens is 453 g/mol. The number of rotatable bonds is 7. The van der Waals surface area contributed by atoms with Crippen LogP contribution in [0.25, 0.3) is 0 Å². The Morgan fingerprint density at radius 1 is 1.24 bits per heavy atom. The smallest absolute Gasteiger partial charge is 0.407 e.